The van der Waals surface area contributed by atoms with Crippen molar-refractivity contribution >= 4 is 5.97 Å². The van der Waals surface area contributed by atoms with Crippen LogP contribution in [-0.4, -0.2) is 17.1 Å². The third kappa shape index (κ3) is 2.85. The number of halogens is 2. The van der Waals surface area contributed by atoms with Crippen LogP contribution in [0.25, 0.3) is 0 Å². The van der Waals surface area contributed by atoms with Gasteiger partial charge in [-0.15, -0.1) is 0 Å². The highest BCUT2D eigenvalue weighted by atomic mass is 19.2. The van der Waals surface area contributed by atoms with Gasteiger partial charge in [0, 0.05) is 6.04 Å². The highest BCUT2D eigenvalue weighted by Crippen LogP contribution is 2.24. The molecule has 3 nitrogen and oxygen atoms in total. The second kappa shape index (κ2) is 5.44. The fraction of sp³-hybridized carbons (Fsp3) is 0.462. The summed E-state index contributed by atoms with van der Waals surface area (Å²) < 4.78 is 26.1. The van der Waals surface area contributed by atoms with E-state index in [0.717, 1.165) is 18.6 Å². The van der Waals surface area contributed by atoms with Crippen LogP contribution in [-0.2, 0) is 10.3 Å². The summed E-state index contributed by atoms with van der Waals surface area (Å²) in [5, 5.41) is 12.2. The first-order valence-electron chi connectivity index (χ1n) is 5.78. The molecule has 0 aliphatic heterocycles. The van der Waals surface area contributed by atoms with Crippen LogP contribution in [0, 0.1) is 11.6 Å². The van der Waals surface area contributed by atoms with Gasteiger partial charge in [0.2, 0.25) is 0 Å². The minimum absolute atomic E-state index is 0.0563. The van der Waals surface area contributed by atoms with Gasteiger partial charge in [0.25, 0.3) is 0 Å². The lowest BCUT2D eigenvalue weighted by atomic mass is 9.90. The quantitative estimate of drug-likeness (QED) is 0.852. The van der Waals surface area contributed by atoms with Crippen molar-refractivity contribution in [3.05, 3.63) is 35.4 Å². The Kier molecular flexibility index (Phi) is 4.40. The Morgan fingerprint density at radius 3 is 2.50 bits per heavy atom. The molecular weight excluding hydrogens is 240 g/mol. The molecule has 0 fully saturated rings. The van der Waals surface area contributed by atoms with Gasteiger partial charge in [0.05, 0.1) is 0 Å². The van der Waals surface area contributed by atoms with Gasteiger partial charge < -0.3 is 5.11 Å². The minimum atomic E-state index is -1.44. The van der Waals surface area contributed by atoms with E-state index < -0.39 is 23.1 Å². The molecule has 0 heterocycles. The minimum Gasteiger partial charge on any atom is -0.480 e. The average molecular weight is 257 g/mol. The fourth-order valence-electron chi connectivity index (χ4n) is 1.67. The van der Waals surface area contributed by atoms with Crippen LogP contribution in [0.15, 0.2) is 18.2 Å². The maximum Gasteiger partial charge on any atom is 0.328 e. The summed E-state index contributed by atoms with van der Waals surface area (Å²) in [6, 6.07) is 3.07. The summed E-state index contributed by atoms with van der Waals surface area (Å²) in [5.74, 6) is -3.17. The zero-order valence-corrected chi connectivity index (χ0v) is 10.6. The summed E-state index contributed by atoms with van der Waals surface area (Å²) >= 11 is 0. The molecule has 0 aliphatic carbocycles. The summed E-state index contributed by atoms with van der Waals surface area (Å²) in [6.07, 6.45) is 0.729. The van der Waals surface area contributed by atoms with Crippen LogP contribution >= 0.6 is 0 Å². The zero-order valence-electron chi connectivity index (χ0n) is 10.6. The molecule has 0 saturated heterocycles. The topological polar surface area (TPSA) is 49.3 Å². The fourth-order valence-corrected chi connectivity index (χ4v) is 1.67. The highest BCUT2D eigenvalue weighted by Gasteiger charge is 2.36. The summed E-state index contributed by atoms with van der Waals surface area (Å²) in [7, 11) is 0. The molecule has 2 atom stereocenters. The van der Waals surface area contributed by atoms with Gasteiger partial charge in [0.15, 0.2) is 11.6 Å². The number of benzene rings is 1. The van der Waals surface area contributed by atoms with E-state index in [1.165, 1.54) is 13.0 Å². The monoisotopic (exact) mass is 257 g/mol. The molecule has 0 aliphatic rings. The normalized spacial score (nSPS) is 16.1. The average Bonchev–Trinajstić information content (AvgIpc) is 2.31. The molecule has 0 spiro atoms. The molecule has 0 radical (unpaired) electrons. The number of hydrogen-bond acceptors (Lipinski definition) is 2. The third-order valence-electron chi connectivity index (χ3n) is 3.07. The first-order chi connectivity index (χ1) is 8.31. The van der Waals surface area contributed by atoms with Crippen molar-refractivity contribution in [1.82, 2.24) is 5.32 Å². The number of hydrogen-bond donors (Lipinski definition) is 2. The van der Waals surface area contributed by atoms with E-state index in [4.69, 9.17) is 0 Å². The first-order valence-corrected chi connectivity index (χ1v) is 5.78. The van der Waals surface area contributed by atoms with Crippen molar-refractivity contribution in [1.29, 1.82) is 0 Å². The molecule has 0 amide bonds. The van der Waals surface area contributed by atoms with Crippen LogP contribution in [0.4, 0.5) is 8.78 Å². The van der Waals surface area contributed by atoms with Gasteiger partial charge in [-0.3, -0.25) is 5.32 Å². The molecule has 1 rings (SSSR count). The number of nitrogens with one attached hydrogen (secondary N) is 1. The summed E-state index contributed by atoms with van der Waals surface area (Å²) in [6.45, 7) is 5.18. The summed E-state index contributed by atoms with van der Waals surface area (Å²) in [4.78, 5) is 11.4. The smallest absolute Gasteiger partial charge is 0.328 e. The largest absolute Gasteiger partial charge is 0.480 e. The van der Waals surface area contributed by atoms with Gasteiger partial charge in [-0.05, 0) is 38.0 Å². The predicted octanol–water partition coefficient (Wildman–Crippen LogP) is 2.65. The molecule has 0 bridgehead atoms. The van der Waals surface area contributed by atoms with Crippen LogP contribution in [0.1, 0.15) is 32.8 Å². The highest BCUT2D eigenvalue weighted by molar-refractivity contribution is 5.80. The van der Waals surface area contributed by atoms with Crippen molar-refractivity contribution in [2.24, 2.45) is 0 Å². The van der Waals surface area contributed by atoms with Gasteiger partial charge in [-0.1, -0.05) is 13.0 Å². The molecule has 2 unspecified atom stereocenters. The van der Waals surface area contributed by atoms with E-state index >= 15 is 0 Å². The van der Waals surface area contributed by atoms with Gasteiger partial charge in [0.1, 0.15) is 5.54 Å². The zero-order chi connectivity index (χ0) is 13.9. The first kappa shape index (κ1) is 14.6. The molecule has 5 heteroatoms. The lowest BCUT2D eigenvalue weighted by Gasteiger charge is -2.30. The summed E-state index contributed by atoms with van der Waals surface area (Å²) in [5.41, 5.74) is -1.25. The Morgan fingerprint density at radius 1 is 1.44 bits per heavy atom. The Labute approximate surface area is 105 Å². The standard InChI is InChI=1S/C13H17F2NO2/c1-4-8(2)16-13(3,12(17)18)9-5-6-10(14)11(15)7-9/h5-8,16H,4H2,1-3H3,(H,17,18). The van der Waals surface area contributed by atoms with Gasteiger partial charge in [-0.25, -0.2) is 13.6 Å². The Morgan fingerprint density at radius 2 is 2.06 bits per heavy atom. The molecule has 0 saturated carbocycles. The lowest BCUT2D eigenvalue weighted by Crippen LogP contribution is -2.50. The van der Waals surface area contributed by atoms with Crippen LogP contribution in [0.5, 0.6) is 0 Å². The van der Waals surface area contributed by atoms with Crippen LogP contribution in [0.3, 0.4) is 0 Å². The number of carboxylic acids is 1. The van der Waals surface area contributed by atoms with Crippen molar-refractivity contribution in [3.8, 4) is 0 Å². The number of carboxylic acid groups (broad SMARTS) is 1. The predicted molar refractivity (Wildman–Crippen MR) is 64.2 cm³/mol. The lowest BCUT2D eigenvalue weighted by molar-refractivity contribution is -0.145. The molecule has 2 N–H and O–H groups in total. The van der Waals surface area contributed by atoms with Gasteiger partial charge in [-0.2, -0.15) is 0 Å². The molecular formula is C13H17F2NO2. The number of carbonyl (C=O) groups is 1. The second-order valence-corrected chi connectivity index (χ2v) is 4.51. The second-order valence-electron chi connectivity index (χ2n) is 4.51. The van der Waals surface area contributed by atoms with Crippen molar-refractivity contribution in [3.63, 3.8) is 0 Å². The van der Waals surface area contributed by atoms with Crippen molar-refractivity contribution in [2.75, 3.05) is 0 Å². The van der Waals surface area contributed by atoms with Crippen LogP contribution < -0.4 is 5.32 Å². The van der Waals surface area contributed by atoms with E-state index in [-0.39, 0.29) is 11.6 Å². The molecule has 1 aromatic rings. The van der Waals surface area contributed by atoms with Crippen molar-refractivity contribution in [2.45, 2.75) is 38.8 Å². The Hall–Kier alpha value is -1.49. The van der Waals surface area contributed by atoms with E-state index in [1.807, 2.05) is 13.8 Å². The Bertz CT molecular complexity index is 451. The number of rotatable bonds is 5. The van der Waals surface area contributed by atoms with E-state index in [0.29, 0.717) is 0 Å². The van der Waals surface area contributed by atoms with Crippen molar-refractivity contribution < 1.29 is 18.7 Å². The molecule has 100 valence electrons. The van der Waals surface area contributed by atoms with E-state index in [9.17, 15) is 18.7 Å². The van der Waals surface area contributed by atoms with E-state index in [2.05, 4.69) is 5.32 Å². The van der Waals surface area contributed by atoms with Crippen LogP contribution in [0.2, 0.25) is 0 Å². The maximum atomic E-state index is 13.2. The number of aliphatic carboxylic acids is 1. The molecule has 0 aromatic heterocycles. The molecule has 18 heavy (non-hydrogen) atoms. The SMILES string of the molecule is CCC(C)NC(C)(C(=O)O)c1ccc(F)c(F)c1. The molecule has 1 aromatic carbocycles. The van der Waals surface area contributed by atoms with E-state index in [1.54, 1.807) is 0 Å². The van der Waals surface area contributed by atoms with Gasteiger partial charge >= 0.3 is 5.97 Å². The maximum absolute atomic E-state index is 13.2. The third-order valence-corrected chi connectivity index (χ3v) is 3.07. The Balaban J connectivity index is 3.18.